The summed E-state index contributed by atoms with van der Waals surface area (Å²) in [7, 11) is 0. The third kappa shape index (κ3) is 1.81. The number of hydrogen-bond donors (Lipinski definition) is 2. The van der Waals surface area contributed by atoms with Gasteiger partial charge in [0.05, 0.1) is 0 Å². The number of carboxylic acids is 1. The average Bonchev–Trinajstić information content (AvgIpc) is 2.50. The molecule has 0 aromatic carbocycles. The minimum absolute atomic E-state index is 0.0364. The van der Waals surface area contributed by atoms with Crippen molar-refractivity contribution in [3.05, 3.63) is 21.9 Å². The lowest BCUT2D eigenvalue weighted by Gasteiger charge is -2.25. The first-order chi connectivity index (χ1) is 6.66. The summed E-state index contributed by atoms with van der Waals surface area (Å²) >= 11 is 1.69. The molecule has 0 fully saturated rings. The fourth-order valence-corrected chi connectivity index (χ4v) is 3.15. The highest BCUT2D eigenvalue weighted by Crippen LogP contribution is 2.36. The Morgan fingerprint density at radius 2 is 2.50 bits per heavy atom. The van der Waals surface area contributed by atoms with Gasteiger partial charge in [-0.3, -0.25) is 4.79 Å². The van der Waals surface area contributed by atoms with E-state index in [9.17, 15) is 4.79 Å². The number of hydrogen-bond acceptors (Lipinski definition) is 3. The van der Waals surface area contributed by atoms with Crippen LogP contribution in [0.15, 0.2) is 11.4 Å². The summed E-state index contributed by atoms with van der Waals surface area (Å²) in [5.74, 6) is -0.504. The smallest absolute Gasteiger partial charge is 0.303 e. The second kappa shape index (κ2) is 3.71. The molecule has 1 heterocycles. The summed E-state index contributed by atoms with van der Waals surface area (Å²) in [4.78, 5) is 11.9. The number of aliphatic carboxylic acids is 1. The van der Waals surface area contributed by atoms with Gasteiger partial charge in [-0.25, -0.2) is 0 Å². The Hall–Kier alpha value is -0.870. The van der Waals surface area contributed by atoms with Gasteiger partial charge in [0, 0.05) is 17.3 Å². The maximum absolute atomic E-state index is 10.6. The molecule has 0 amide bonds. The molecular formula is C10H13NO2S. The molecule has 2 unspecified atom stereocenters. The lowest BCUT2D eigenvalue weighted by molar-refractivity contribution is -0.138. The maximum atomic E-state index is 10.6. The van der Waals surface area contributed by atoms with E-state index in [4.69, 9.17) is 10.8 Å². The van der Waals surface area contributed by atoms with Gasteiger partial charge in [0.15, 0.2) is 0 Å². The largest absolute Gasteiger partial charge is 0.481 e. The fourth-order valence-electron chi connectivity index (χ4n) is 2.08. The van der Waals surface area contributed by atoms with Crippen molar-refractivity contribution < 1.29 is 9.90 Å². The zero-order valence-corrected chi connectivity index (χ0v) is 8.59. The molecule has 76 valence electrons. The molecule has 0 radical (unpaired) electrons. The summed E-state index contributed by atoms with van der Waals surface area (Å²) in [6.45, 7) is 0. The van der Waals surface area contributed by atoms with Gasteiger partial charge in [-0.1, -0.05) is 0 Å². The summed E-state index contributed by atoms with van der Waals surface area (Å²) in [6, 6.07) is 2.09. The van der Waals surface area contributed by atoms with Crippen molar-refractivity contribution >= 4 is 17.3 Å². The van der Waals surface area contributed by atoms with Crippen LogP contribution in [0.1, 0.15) is 29.3 Å². The van der Waals surface area contributed by atoms with Gasteiger partial charge < -0.3 is 10.8 Å². The first kappa shape index (κ1) is 9.68. The van der Waals surface area contributed by atoms with Gasteiger partial charge in [-0.2, -0.15) is 0 Å². The SMILES string of the molecule is NC1CC(CC(=O)O)Cc2sccc21. The number of carbonyl (C=O) groups is 1. The molecule has 0 saturated carbocycles. The lowest BCUT2D eigenvalue weighted by atomic mass is 9.84. The number of rotatable bonds is 2. The molecule has 3 N–H and O–H groups in total. The monoisotopic (exact) mass is 211 g/mol. The molecule has 14 heavy (non-hydrogen) atoms. The Morgan fingerprint density at radius 3 is 3.21 bits per heavy atom. The van der Waals surface area contributed by atoms with Crippen LogP contribution in [0.3, 0.4) is 0 Å². The number of fused-ring (bicyclic) bond motifs is 1. The molecule has 0 spiro atoms. The number of carboxylic acid groups (broad SMARTS) is 1. The van der Waals surface area contributed by atoms with Crippen molar-refractivity contribution in [1.82, 2.24) is 0 Å². The molecule has 3 nitrogen and oxygen atoms in total. The molecule has 4 heteroatoms. The summed E-state index contributed by atoms with van der Waals surface area (Å²) < 4.78 is 0. The van der Waals surface area contributed by atoms with Gasteiger partial charge in [-0.15, -0.1) is 11.3 Å². The molecule has 1 aromatic heterocycles. The lowest BCUT2D eigenvalue weighted by Crippen LogP contribution is -2.24. The van der Waals surface area contributed by atoms with Crippen LogP contribution in [0.2, 0.25) is 0 Å². The predicted octanol–water partition coefficient (Wildman–Crippen LogP) is 1.78. The van der Waals surface area contributed by atoms with Gasteiger partial charge in [0.1, 0.15) is 0 Å². The van der Waals surface area contributed by atoms with Gasteiger partial charge in [0.25, 0.3) is 0 Å². The number of thiophene rings is 1. The van der Waals surface area contributed by atoms with E-state index in [1.165, 1.54) is 10.4 Å². The third-order valence-electron chi connectivity index (χ3n) is 2.70. The molecule has 0 saturated heterocycles. The quantitative estimate of drug-likeness (QED) is 0.783. The Morgan fingerprint density at radius 1 is 1.71 bits per heavy atom. The molecule has 2 rings (SSSR count). The van der Waals surface area contributed by atoms with E-state index < -0.39 is 5.97 Å². The van der Waals surface area contributed by atoms with E-state index >= 15 is 0 Å². The number of nitrogens with two attached hydrogens (primary N) is 1. The Labute approximate surface area is 86.6 Å². The zero-order valence-electron chi connectivity index (χ0n) is 7.77. The minimum atomic E-state index is -0.720. The molecule has 1 aliphatic rings. The topological polar surface area (TPSA) is 63.3 Å². The highest BCUT2D eigenvalue weighted by atomic mass is 32.1. The van der Waals surface area contributed by atoms with Crippen molar-refractivity contribution in [1.29, 1.82) is 0 Å². The summed E-state index contributed by atoms with van der Waals surface area (Å²) in [6.07, 6.45) is 1.92. The zero-order chi connectivity index (χ0) is 10.1. The van der Waals surface area contributed by atoms with Crippen molar-refractivity contribution in [3.63, 3.8) is 0 Å². The van der Waals surface area contributed by atoms with Crippen LogP contribution in [0.4, 0.5) is 0 Å². The van der Waals surface area contributed by atoms with Crippen LogP contribution in [-0.2, 0) is 11.2 Å². The van der Waals surface area contributed by atoms with Crippen molar-refractivity contribution in [2.75, 3.05) is 0 Å². The normalized spacial score (nSPS) is 25.8. The van der Waals surface area contributed by atoms with E-state index in [1.807, 2.05) is 5.38 Å². The van der Waals surface area contributed by atoms with Crippen LogP contribution >= 0.6 is 11.3 Å². The highest BCUT2D eigenvalue weighted by Gasteiger charge is 2.26. The van der Waals surface area contributed by atoms with E-state index in [1.54, 1.807) is 11.3 Å². The van der Waals surface area contributed by atoms with Gasteiger partial charge in [0.2, 0.25) is 0 Å². The van der Waals surface area contributed by atoms with Crippen LogP contribution in [0.5, 0.6) is 0 Å². The first-order valence-corrected chi connectivity index (χ1v) is 5.58. The van der Waals surface area contributed by atoms with Crippen LogP contribution in [0.25, 0.3) is 0 Å². The predicted molar refractivity (Wildman–Crippen MR) is 55.3 cm³/mol. The Balaban J connectivity index is 2.13. The van der Waals surface area contributed by atoms with E-state index in [2.05, 4.69) is 6.07 Å². The second-order valence-electron chi connectivity index (χ2n) is 3.81. The fraction of sp³-hybridized carbons (Fsp3) is 0.500. The van der Waals surface area contributed by atoms with Crippen molar-refractivity contribution in [3.8, 4) is 0 Å². The molecular weight excluding hydrogens is 198 g/mol. The summed E-state index contributed by atoms with van der Waals surface area (Å²) in [5.41, 5.74) is 7.19. The van der Waals surface area contributed by atoms with Crippen LogP contribution < -0.4 is 5.73 Å². The molecule has 0 aliphatic heterocycles. The van der Waals surface area contributed by atoms with Crippen molar-refractivity contribution in [2.24, 2.45) is 11.7 Å². The molecule has 1 aliphatic carbocycles. The van der Waals surface area contributed by atoms with Crippen LogP contribution in [0, 0.1) is 5.92 Å². The molecule has 1 aromatic rings. The average molecular weight is 211 g/mol. The van der Waals surface area contributed by atoms with Crippen LogP contribution in [-0.4, -0.2) is 11.1 Å². The Bertz CT molecular complexity index is 348. The highest BCUT2D eigenvalue weighted by molar-refractivity contribution is 7.10. The maximum Gasteiger partial charge on any atom is 0.303 e. The minimum Gasteiger partial charge on any atom is -0.481 e. The Kier molecular flexibility index (Phi) is 2.56. The van der Waals surface area contributed by atoms with Gasteiger partial charge >= 0.3 is 5.97 Å². The van der Waals surface area contributed by atoms with Crippen molar-refractivity contribution in [2.45, 2.75) is 25.3 Å². The van der Waals surface area contributed by atoms with Gasteiger partial charge in [-0.05, 0) is 35.8 Å². The molecule has 0 bridgehead atoms. The molecule has 2 atom stereocenters. The second-order valence-corrected chi connectivity index (χ2v) is 4.81. The standard InChI is InChI=1S/C10H13NO2S/c11-8-3-6(5-10(12)13)4-9-7(8)1-2-14-9/h1-2,6,8H,3-5,11H2,(H,12,13). The van der Waals surface area contributed by atoms with E-state index in [0.29, 0.717) is 0 Å². The van der Waals surface area contributed by atoms with E-state index in [-0.39, 0.29) is 18.4 Å². The third-order valence-corrected chi connectivity index (χ3v) is 3.66. The summed E-state index contributed by atoms with van der Waals surface area (Å²) in [5, 5.41) is 10.7. The first-order valence-electron chi connectivity index (χ1n) is 4.70. The van der Waals surface area contributed by atoms with E-state index in [0.717, 1.165) is 12.8 Å².